The Balaban J connectivity index is 2.11. The molecule has 2 aromatic heterocycles. The number of hydrogen-bond donors (Lipinski definition) is 0. The molecule has 1 aliphatic rings. The Morgan fingerprint density at radius 3 is 3.12 bits per heavy atom. The average molecular weight is 253 g/mol. The molecule has 1 atom stereocenters. The van der Waals surface area contributed by atoms with Gasteiger partial charge in [0.05, 0.1) is 11.9 Å². The van der Waals surface area contributed by atoms with E-state index < -0.39 is 0 Å². The average Bonchev–Trinajstić information content (AvgIpc) is 2.67. The Bertz CT molecular complexity index is 548. The zero-order valence-corrected chi connectivity index (χ0v) is 10.3. The third kappa shape index (κ3) is 1.89. The summed E-state index contributed by atoms with van der Waals surface area (Å²) in [6.07, 6.45) is 4.74. The van der Waals surface area contributed by atoms with E-state index in [1.807, 2.05) is 11.6 Å². The van der Waals surface area contributed by atoms with E-state index in [0.29, 0.717) is 10.8 Å². The highest BCUT2D eigenvalue weighted by molar-refractivity contribution is 6.29. The van der Waals surface area contributed by atoms with Gasteiger partial charge < -0.3 is 4.74 Å². The highest BCUT2D eigenvalue weighted by Gasteiger charge is 2.21. The molecule has 5 nitrogen and oxygen atoms in total. The molecular weight excluding hydrogens is 240 g/mol. The molecule has 6 heteroatoms. The smallest absolute Gasteiger partial charge is 0.181 e. The highest BCUT2D eigenvalue weighted by atomic mass is 35.5. The summed E-state index contributed by atoms with van der Waals surface area (Å²) in [7, 11) is 0. The molecule has 1 saturated heterocycles. The van der Waals surface area contributed by atoms with Crippen LogP contribution in [0.25, 0.3) is 11.2 Å². The third-order valence-corrected chi connectivity index (χ3v) is 3.15. The molecule has 0 aliphatic carbocycles. The number of nitrogens with zero attached hydrogens (tertiary/aromatic N) is 4. The molecule has 1 unspecified atom stereocenters. The van der Waals surface area contributed by atoms with E-state index in [9.17, 15) is 0 Å². The predicted octanol–water partition coefficient (Wildman–Crippen LogP) is 2.49. The van der Waals surface area contributed by atoms with Gasteiger partial charge in [-0.25, -0.2) is 14.6 Å². The van der Waals surface area contributed by atoms with Crippen molar-refractivity contribution in [1.82, 2.24) is 19.7 Å². The van der Waals surface area contributed by atoms with Crippen molar-refractivity contribution in [3.63, 3.8) is 0 Å². The van der Waals surface area contributed by atoms with Crippen LogP contribution in [0.2, 0.25) is 5.15 Å². The van der Waals surface area contributed by atoms with Gasteiger partial charge in [-0.15, -0.1) is 0 Å². The summed E-state index contributed by atoms with van der Waals surface area (Å²) >= 11 is 5.88. The van der Waals surface area contributed by atoms with Crippen molar-refractivity contribution in [3.8, 4) is 0 Å². The minimum atomic E-state index is -0.0345. The van der Waals surface area contributed by atoms with E-state index in [1.165, 1.54) is 0 Å². The van der Waals surface area contributed by atoms with Crippen LogP contribution in [0.3, 0.4) is 0 Å². The molecule has 0 aromatic carbocycles. The maximum absolute atomic E-state index is 5.88. The van der Waals surface area contributed by atoms with E-state index in [1.54, 1.807) is 6.20 Å². The highest BCUT2D eigenvalue weighted by Crippen LogP contribution is 2.26. The molecule has 0 amide bonds. The molecule has 90 valence electrons. The van der Waals surface area contributed by atoms with Crippen LogP contribution < -0.4 is 0 Å². The lowest BCUT2D eigenvalue weighted by Crippen LogP contribution is -2.19. The van der Waals surface area contributed by atoms with Crippen molar-refractivity contribution in [3.05, 3.63) is 17.0 Å². The van der Waals surface area contributed by atoms with Gasteiger partial charge in [0.1, 0.15) is 10.7 Å². The second-order valence-corrected chi connectivity index (χ2v) is 4.60. The van der Waals surface area contributed by atoms with E-state index in [-0.39, 0.29) is 6.23 Å². The molecule has 0 spiro atoms. The topological polar surface area (TPSA) is 52.8 Å². The first kappa shape index (κ1) is 10.9. The monoisotopic (exact) mass is 252 g/mol. The zero-order valence-electron chi connectivity index (χ0n) is 9.56. The fourth-order valence-corrected chi connectivity index (χ4v) is 2.28. The molecular formula is C11H13ClN4O. The van der Waals surface area contributed by atoms with E-state index in [0.717, 1.165) is 37.1 Å². The number of rotatable bonds is 1. The number of aryl methyl sites for hydroxylation is 1. The van der Waals surface area contributed by atoms with Crippen LogP contribution >= 0.6 is 11.6 Å². The van der Waals surface area contributed by atoms with Gasteiger partial charge in [-0.2, -0.15) is 5.10 Å². The number of halogens is 1. The number of fused-ring (bicyclic) bond motifs is 1. The third-order valence-electron chi connectivity index (χ3n) is 2.97. The fraction of sp³-hybridized carbons (Fsp3) is 0.545. The minimum absolute atomic E-state index is 0.0345. The molecule has 0 saturated carbocycles. The second-order valence-electron chi connectivity index (χ2n) is 4.22. The van der Waals surface area contributed by atoms with Gasteiger partial charge in [0.15, 0.2) is 11.9 Å². The molecule has 1 aliphatic heterocycles. The van der Waals surface area contributed by atoms with Gasteiger partial charge >= 0.3 is 0 Å². The van der Waals surface area contributed by atoms with Crippen molar-refractivity contribution in [2.75, 3.05) is 6.61 Å². The van der Waals surface area contributed by atoms with Crippen molar-refractivity contribution >= 4 is 22.8 Å². The Morgan fingerprint density at radius 2 is 2.35 bits per heavy atom. The SMILES string of the molecule is Cc1nn(C2CCCCO2)c2nc(Cl)cnc12. The summed E-state index contributed by atoms with van der Waals surface area (Å²) in [5.41, 5.74) is 2.36. The van der Waals surface area contributed by atoms with Crippen molar-refractivity contribution in [2.24, 2.45) is 0 Å². The summed E-state index contributed by atoms with van der Waals surface area (Å²) in [6, 6.07) is 0. The first-order valence-corrected chi connectivity index (χ1v) is 6.12. The van der Waals surface area contributed by atoms with Crippen LogP contribution in [0, 0.1) is 6.92 Å². The van der Waals surface area contributed by atoms with Gasteiger partial charge in [-0.1, -0.05) is 11.6 Å². The maximum atomic E-state index is 5.88. The van der Waals surface area contributed by atoms with Gasteiger partial charge in [0.2, 0.25) is 0 Å². The summed E-state index contributed by atoms with van der Waals surface area (Å²) < 4.78 is 7.52. The summed E-state index contributed by atoms with van der Waals surface area (Å²) in [5, 5.41) is 4.85. The van der Waals surface area contributed by atoms with Crippen molar-refractivity contribution in [2.45, 2.75) is 32.4 Å². The van der Waals surface area contributed by atoms with E-state index >= 15 is 0 Å². The molecule has 0 N–H and O–H groups in total. The number of aromatic nitrogens is 4. The molecule has 3 rings (SSSR count). The van der Waals surface area contributed by atoms with Gasteiger partial charge in [-0.3, -0.25) is 0 Å². The van der Waals surface area contributed by atoms with Crippen LogP contribution in [0.5, 0.6) is 0 Å². The first-order chi connectivity index (χ1) is 8.25. The van der Waals surface area contributed by atoms with Crippen LogP contribution in [0.15, 0.2) is 6.20 Å². The Labute approximate surface area is 104 Å². The lowest BCUT2D eigenvalue weighted by atomic mass is 10.2. The summed E-state index contributed by atoms with van der Waals surface area (Å²) in [5.74, 6) is 0. The Hall–Kier alpha value is -1.20. The van der Waals surface area contributed by atoms with Crippen LogP contribution in [-0.4, -0.2) is 26.4 Å². The van der Waals surface area contributed by atoms with E-state index in [4.69, 9.17) is 16.3 Å². The maximum Gasteiger partial charge on any atom is 0.181 e. The lowest BCUT2D eigenvalue weighted by Gasteiger charge is -2.22. The fourth-order valence-electron chi connectivity index (χ4n) is 2.15. The number of ether oxygens (including phenoxy) is 1. The summed E-state index contributed by atoms with van der Waals surface area (Å²) in [6.45, 7) is 2.70. The number of hydrogen-bond acceptors (Lipinski definition) is 4. The second kappa shape index (κ2) is 4.23. The first-order valence-electron chi connectivity index (χ1n) is 5.74. The lowest BCUT2D eigenvalue weighted by molar-refractivity contribution is -0.0371. The Kier molecular flexibility index (Phi) is 2.72. The van der Waals surface area contributed by atoms with Crippen molar-refractivity contribution in [1.29, 1.82) is 0 Å². The van der Waals surface area contributed by atoms with Crippen LogP contribution in [0.1, 0.15) is 31.2 Å². The minimum Gasteiger partial charge on any atom is -0.356 e. The van der Waals surface area contributed by atoms with Crippen LogP contribution in [-0.2, 0) is 4.74 Å². The largest absolute Gasteiger partial charge is 0.356 e. The Morgan fingerprint density at radius 1 is 1.47 bits per heavy atom. The van der Waals surface area contributed by atoms with Gasteiger partial charge in [0.25, 0.3) is 0 Å². The van der Waals surface area contributed by atoms with Gasteiger partial charge in [0, 0.05) is 6.61 Å². The zero-order chi connectivity index (χ0) is 11.8. The van der Waals surface area contributed by atoms with Gasteiger partial charge in [-0.05, 0) is 26.2 Å². The molecule has 0 bridgehead atoms. The standard InChI is InChI=1S/C11H13ClN4O/c1-7-10-11(14-8(12)6-13-10)16(15-7)9-4-2-3-5-17-9/h6,9H,2-5H2,1H3. The van der Waals surface area contributed by atoms with Crippen LogP contribution in [0.4, 0.5) is 0 Å². The molecule has 3 heterocycles. The normalized spacial score (nSPS) is 20.9. The van der Waals surface area contributed by atoms with E-state index in [2.05, 4.69) is 15.1 Å². The molecule has 0 radical (unpaired) electrons. The molecule has 17 heavy (non-hydrogen) atoms. The van der Waals surface area contributed by atoms with Crippen molar-refractivity contribution < 1.29 is 4.74 Å². The predicted molar refractivity (Wildman–Crippen MR) is 63.9 cm³/mol. The quantitative estimate of drug-likeness (QED) is 0.783. The molecule has 1 fully saturated rings. The summed E-state index contributed by atoms with van der Waals surface area (Å²) in [4.78, 5) is 8.56. The molecule has 2 aromatic rings.